The molecule has 0 saturated heterocycles. The van der Waals surface area contributed by atoms with Crippen molar-refractivity contribution in [3.63, 3.8) is 0 Å². The largest absolute Gasteiger partial charge is 0.395 e. The van der Waals surface area contributed by atoms with Crippen molar-refractivity contribution in [2.24, 2.45) is 0 Å². The highest BCUT2D eigenvalue weighted by Crippen LogP contribution is 2.28. The van der Waals surface area contributed by atoms with Gasteiger partial charge in [-0.2, -0.15) is 0 Å². The van der Waals surface area contributed by atoms with Gasteiger partial charge in [0.15, 0.2) is 0 Å². The molecule has 0 atom stereocenters. The van der Waals surface area contributed by atoms with Crippen LogP contribution in [-0.2, 0) is 0 Å². The van der Waals surface area contributed by atoms with E-state index >= 15 is 0 Å². The van der Waals surface area contributed by atoms with E-state index in [9.17, 15) is 5.11 Å². The van der Waals surface area contributed by atoms with Crippen LogP contribution in [-0.4, -0.2) is 34.3 Å². The van der Waals surface area contributed by atoms with Crippen LogP contribution >= 0.6 is 11.6 Å². The van der Waals surface area contributed by atoms with Crippen LogP contribution in [0.4, 0.5) is 5.82 Å². The summed E-state index contributed by atoms with van der Waals surface area (Å²) in [5.74, 6) is 1.87. The number of aliphatic hydroxyl groups is 1. The summed E-state index contributed by atoms with van der Waals surface area (Å²) in [6.45, 7) is 4.85. The number of hydrogen-bond acceptors (Lipinski definition) is 4. The van der Waals surface area contributed by atoms with Crippen molar-refractivity contribution in [2.45, 2.75) is 51.5 Å². The lowest BCUT2D eigenvalue weighted by atomic mass is 10.2. The maximum atomic E-state index is 9.29. The molecule has 1 aliphatic rings. The highest BCUT2D eigenvalue weighted by atomic mass is 35.5. The van der Waals surface area contributed by atoms with Crippen LogP contribution < -0.4 is 4.90 Å². The average Bonchev–Trinajstić information content (AvgIpc) is 2.88. The number of rotatable bonds is 5. The standard InChI is InChI=1S/C14H22ClN3O/c1-10(2)14-16-12(15)9-13(17-14)18(7-8-19)11-5-3-4-6-11/h9-11,19H,3-8H2,1-2H3. The zero-order valence-corrected chi connectivity index (χ0v) is 12.4. The van der Waals surface area contributed by atoms with Crippen LogP contribution in [0.2, 0.25) is 5.15 Å². The van der Waals surface area contributed by atoms with Gasteiger partial charge in [-0.15, -0.1) is 0 Å². The quantitative estimate of drug-likeness (QED) is 0.844. The minimum atomic E-state index is 0.134. The summed E-state index contributed by atoms with van der Waals surface area (Å²) in [5.41, 5.74) is 0. The lowest BCUT2D eigenvalue weighted by Crippen LogP contribution is -2.36. The Kier molecular flexibility index (Phi) is 4.99. The molecule has 0 aliphatic heterocycles. The molecule has 0 amide bonds. The maximum Gasteiger partial charge on any atom is 0.135 e. The number of halogens is 1. The molecular formula is C14H22ClN3O. The molecule has 1 N–H and O–H groups in total. The fourth-order valence-corrected chi connectivity index (χ4v) is 2.82. The third-order valence-electron chi connectivity index (χ3n) is 3.62. The molecule has 1 aromatic heterocycles. The first-order chi connectivity index (χ1) is 9.11. The Bertz CT molecular complexity index is 419. The Labute approximate surface area is 119 Å². The SMILES string of the molecule is CC(C)c1nc(Cl)cc(N(CCO)C2CCCC2)n1. The number of aliphatic hydroxyl groups excluding tert-OH is 1. The molecule has 0 spiro atoms. The molecule has 1 saturated carbocycles. The summed E-state index contributed by atoms with van der Waals surface area (Å²) >= 11 is 6.10. The van der Waals surface area contributed by atoms with E-state index in [1.807, 2.05) is 0 Å². The first kappa shape index (κ1) is 14.5. The molecule has 0 radical (unpaired) electrons. The zero-order valence-electron chi connectivity index (χ0n) is 11.6. The Morgan fingerprint density at radius 2 is 2.05 bits per heavy atom. The highest BCUT2D eigenvalue weighted by Gasteiger charge is 2.24. The van der Waals surface area contributed by atoms with Gasteiger partial charge in [0, 0.05) is 24.6 Å². The maximum absolute atomic E-state index is 9.29. The fraction of sp³-hybridized carbons (Fsp3) is 0.714. The molecule has 1 heterocycles. The molecule has 106 valence electrons. The molecule has 5 heteroatoms. The highest BCUT2D eigenvalue weighted by molar-refractivity contribution is 6.29. The van der Waals surface area contributed by atoms with Crippen molar-refractivity contribution in [3.8, 4) is 0 Å². The third kappa shape index (κ3) is 3.57. The van der Waals surface area contributed by atoms with E-state index in [0.717, 1.165) is 11.6 Å². The second-order valence-corrected chi connectivity index (χ2v) is 5.80. The van der Waals surface area contributed by atoms with Crippen molar-refractivity contribution in [2.75, 3.05) is 18.1 Å². The van der Waals surface area contributed by atoms with E-state index in [4.69, 9.17) is 11.6 Å². The van der Waals surface area contributed by atoms with E-state index in [1.54, 1.807) is 6.07 Å². The average molecular weight is 284 g/mol. The third-order valence-corrected chi connectivity index (χ3v) is 3.81. The molecule has 2 rings (SSSR count). The van der Waals surface area contributed by atoms with Crippen LogP contribution in [0.15, 0.2) is 6.07 Å². The minimum Gasteiger partial charge on any atom is -0.395 e. The fourth-order valence-electron chi connectivity index (χ4n) is 2.64. The Morgan fingerprint density at radius 1 is 1.37 bits per heavy atom. The van der Waals surface area contributed by atoms with Crippen LogP contribution in [0.3, 0.4) is 0 Å². The molecule has 0 bridgehead atoms. The number of anilines is 1. The van der Waals surface area contributed by atoms with Crippen LogP contribution in [0.25, 0.3) is 0 Å². The van der Waals surface area contributed by atoms with E-state index in [0.29, 0.717) is 17.7 Å². The Morgan fingerprint density at radius 3 is 2.63 bits per heavy atom. The van der Waals surface area contributed by atoms with Crippen molar-refractivity contribution in [1.29, 1.82) is 0 Å². The molecule has 0 unspecified atom stereocenters. The van der Waals surface area contributed by atoms with E-state index in [1.165, 1.54) is 25.7 Å². The number of nitrogens with zero attached hydrogens (tertiary/aromatic N) is 3. The van der Waals surface area contributed by atoms with E-state index in [2.05, 4.69) is 28.7 Å². The molecule has 1 fully saturated rings. The monoisotopic (exact) mass is 283 g/mol. The van der Waals surface area contributed by atoms with Gasteiger partial charge in [0.1, 0.15) is 16.8 Å². The second kappa shape index (κ2) is 6.53. The molecule has 4 nitrogen and oxygen atoms in total. The van der Waals surface area contributed by atoms with E-state index in [-0.39, 0.29) is 12.5 Å². The van der Waals surface area contributed by atoms with Crippen LogP contribution in [0.1, 0.15) is 51.3 Å². The smallest absolute Gasteiger partial charge is 0.135 e. The van der Waals surface area contributed by atoms with Gasteiger partial charge < -0.3 is 10.0 Å². The number of hydrogen-bond donors (Lipinski definition) is 1. The summed E-state index contributed by atoms with van der Waals surface area (Å²) in [5, 5.41) is 9.77. The van der Waals surface area contributed by atoms with Gasteiger partial charge in [0.25, 0.3) is 0 Å². The van der Waals surface area contributed by atoms with Gasteiger partial charge in [-0.05, 0) is 12.8 Å². The van der Waals surface area contributed by atoms with Crippen LogP contribution in [0, 0.1) is 0 Å². The van der Waals surface area contributed by atoms with Crippen molar-refractivity contribution >= 4 is 17.4 Å². The topological polar surface area (TPSA) is 49.2 Å². The summed E-state index contributed by atoms with van der Waals surface area (Å²) in [6, 6.07) is 2.28. The van der Waals surface area contributed by atoms with Crippen molar-refractivity contribution in [3.05, 3.63) is 17.0 Å². The van der Waals surface area contributed by atoms with Gasteiger partial charge in [-0.25, -0.2) is 9.97 Å². The summed E-state index contributed by atoms with van der Waals surface area (Å²) in [4.78, 5) is 11.1. The zero-order chi connectivity index (χ0) is 13.8. The predicted octanol–water partition coefficient (Wildman–Crippen LogP) is 2.99. The minimum absolute atomic E-state index is 0.134. The summed E-state index contributed by atoms with van der Waals surface area (Å²) < 4.78 is 0. The molecule has 0 aromatic carbocycles. The number of aromatic nitrogens is 2. The second-order valence-electron chi connectivity index (χ2n) is 5.42. The predicted molar refractivity (Wildman–Crippen MR) is 77.8 cm³/mol. The van der Waals surface area contributed by atoms with Crippen molar-refractivity contribution < 1.29 is 5.11 Å². The molecular weight excluding hydrogens is 262 g/mol. The van der Waals surface area contributed by atoms with Crippen molar-refractivity contribution in [1.82, 2.24) is 9.97 Å². The summed E-state index contributed by atoms with van der Waals surface area (Å²) in [6.07, 6.45) is 4.84. The lowest BCUT2D eigenvalue weighted by molar-refractivity contribution is 0.296. The van der Waals surface area contributed by atoms with Gasteiger partial charge in [0.05, 0.1) is 6.61 Å². The lowest BCUT2D eigenvalue weighted by Gasteiger charge is -2.29. The first-order valence-electron chi connectivity index (χ1n) is 7.03. The molecule has 1 aromatic rings. The summed E-state index contributed by atoms with van der Waals surface area (Å²) in [7, 11) is 0. The normalized spacial score (nSPS) is 16.3. The first-order valence-corrected chi connectivity index (χ1v) is 7.41. The van der Waals surface area contributed by atoms with Gasteiger partial charge in [0.2, 0.25) is 0 Å². The molecule has 19 heavy (non-hydrogen) atoms. The Hall–Kier alpha value is -0.870. The van der Waals surface area contributed by atoms with Gasteiger partial charge >= 0.3 is 0 Å². The van der Waals surface area contributed by atoms with Gasteiger partial charge in [-0.3, -0.25) is 0 Å². The van der Waals surface area contributed by atoms with Crippen LogP contribution in [0.5, 0.6) is 0 Å². The van der Waals surface area contributed by atoms with E-state index < -0.39 is 0 Å². The van der Waals surface area contributed by atoms with Gasteiger partial charge in [-0.1, -0.05) is 38.3 Å². The Balaban J connectivity index is 2.29. The molecule has 1 aliphatic carbocycles.